The standard InChI is InChI=1S/C21H20F4N4O3S/c1-11(30)28-7-9-29(10-8-28)13-5-3-12(4-6-13)26-21(33)27-20(31)14-15(22)17(24)19(32-2)18(25)16(14)23/h3-6H,7-10H2,1-2H3,(H2,26,27,31,33). The highest BCUT2D eigenvalue weighted by atomic mass is 32.1. The molecule has 2 amide bonds. The number of carbonyl (C=O) groups excluding carboxylic acids is 2. The molecule has 0 bridgehead atoms. The zero-order chi connectivity index (χ0) is 24.3. The summed E-state index contributed by atoms with van der Waals surface area (Å²) in [4.78, 5) is 27.5. The fourth-order valence-electron chi connectivity index (χ4n) is 3.35. The molecule has 0 aromatic heterocycles. The van der Waals surface area contributed by atoms with Crippen molar-refractivity contribution in [3.05, 3.63) is 53.1 Å². The van der Waals surface area contributed by atoms with Crippen molar-refractivity contribution in [2.75, 3.05) is 43.5 Å². The fourth-order valence-corrected chi connectivity index (χ4v) is 3.56. The number of methoxy groups -OCH3 is 1. The molecule has 2 N–H and O–H groups in total. The molecular weight excluding hydrogens is 464 g/mol. The van der Waals surface area contributed by atoms with Gasteiger partial charge in [-0.3, -0.25) is 14.9 Å². The quantitative estimate of drug-likeness (QED) is 0.395. The molecule has 2 aromatic carbocycles. The number of rotatable bonds is 4. The first-order chi connectivity index (χ1) is 15.6. The van der Waals surface area contributed by atoms with Gasteiger partial charge in [0.25, 0.3) is 5.91 Å². The number of carbonyl (C=O) groups is 2. The Morgan fingerprint density at radius 1 is 0.939 bits per heavy atom. The third-order valence-electron chi connectivity index (χ3n) is 5.10. The van der Waals surface area contributed by atoms with Crippen LogP contribution in [0.5, 0.6) is 5.75 Å². The van der Waals surface area contributed by atoms with Gasteiger partial charge in [-0.1, -0.05) is 0 Å². The summed E-state index contributed by atoms with van der Waals surface area (Å²) in [6.07, 6.45) is 0. The maximum Gasteiger partial charge on any atom is 0.263 e. The van der Waals surface area contributed by atoms with E-state index in [-0.39, 0.29) is 11.0 Å². The van der Waals surface area contributed by atoms with E-state index < -0.39 is 40.5 Å². The normalized spacial score (nSPS) is 13.5. The van der Waals surface area contributed by atoms with Gasteiger partial charge in [-0.2, -0.15) is 8.78 Å². The van der Waals surface area contributed by atoms with Crippen molar-refractivity contribution >= 4 is 40.5 Å². The summed E-state index contributed by atoms with van der Waals surface area (Å²) in [5.74, 6) is -10.2. The van der Waals surface area contributed by atoms with Gasteiger partial charge < -0.3 is 19.9 Å². The zero-order valence-corrected chi connectivity index (χ0v) is 18.5. The van der Waals surface area contributed by atoms with E-state index in [9.17, 15) is 27.2 Å². The number of anilines is 2. The Balaban J connectivity index is 1.64. The second-order valence-electron chi connectivity index (χ2n) is 7.11. The number of benzene rings is 2. The molecule has 1 saturated heterocycles. The van der Waals surface area contributed by atoms with Gasteiger partial charge in [-0.05, 0) is 36.5 Å². The third-order valence-corrected chi connectivity index (χ3v) is 5.30. The van der Waals surface area contributed by atoms with Crippen LogP contribution in [0, 0.1) is 23.3 Å². The van der Waals surface area contributed by atoms with E-state index in [2.05, 4.69) is 15.0 Å². The Morgan fingerprint density at radius 2 is 1.48 bits per heavy atom. The molecule has 1 aliphatic rings. The number of thiocarbonyl (C=S) groups is 1. The Labute approximate surface area is 192 Å². The SMILES string of the molecule is COc1c(F)c(F)c(C(=O)NC(=S)Nc2ccc(N3CCN(C(C)=O)CC3)cc2)c(F)c1F. The number of amides is 2. The van der Waals surface area contributed by atoms with Crippen molar-refractivity contribution in [3.63, 3.8) is 0 Å². The molecule has 7 nitrogen and oxygen atoms in total. The van der Waals surface area contributed by atoms with Crippen LogP contribution in [0.3, 0.4) is 0 Å². The van der Waals surface area contributed by atoms with Crippen molar-refractivity contribution in [2.24, 2.45) is 0 Å². The van der Waals surface area contributed by atoms with Crippen LogP contribution in [0.15, 0.2) is 24.3 Å². The van der Waals surface area contributed by atoms with Crippen LogP contribution in [0.2, 0.25) is 0 Å². The minimum Gasteiger partial charge on any atom is -0.491 e. The maximum absolute atomic E-state index is 14.1. The number of piperazine rings is 1. The molecule has 1 aliphatic heterocycles. The highest BCUT2D eigenvalue weighted by Gasteiger charge is 2.30. The number of hydrogen-bond acceptors (Lipinski definition) is 5. The number of ether oxygens (including phenoxy) is 1. The van der Waals surface area contributed by atoms with Crippen molar-refractivity contribution in [2.45, 2.75) is 6.92 Å². The summed E-state index contributed by atoms with van der Waals surface area (Å²) >= 11 is 4.96. The molecule has 0 atom stereocenters. The predicted octanol–water partition coefficient (Wildman–Crippen LogP) is 3.05. The molecule has 0 radical (unpaired) electrons. The lowest BCUT2D eigenvalue weighted by Crippen LogP contribution is -2.48. The van der Waals surface area contributed by atoms with E-state index in [1.165, 1.54) is 6.92 Å². The van der Waals surface area contributed by atoms with Crippen LogP contribution in [0.25, 0.3) is 0 Å². The van der Waals surface area contributed by atoms with E-state index in [1.54, 1.807) is 29.2 Å². The third kappa shape index (κ3) is 5.16. The van der Waals surface area contributed by atoms with Gasteiger partial charge in [0.1, 0.15) is 5.56 Å². The molecular formula is C21H20F4N4O3S. The average Bonchev–Trinajstić information content (AvgIpc) is 2.79. The summed E-state index contributed by atoms with van der Waals surface area (Å²) in [7, 11) is 0.830. The summed E-state index contributed by atoms with van der Waals surface area (Å²) in [5, 5.41) is 4.31. The van der Waals surface area contributed by atoms with Crippen molar-refractivity contribution < 1.29 is 31.9 Å². The largest absolute Gasteiger partial charge is 0.491 e. The topological polar surface area (TPSA) is 73.9 Å². The molecule has 0 spiro atoms. The molecule has 33 heavy (non-hydrogen) atoms. The van der Waals surface area contributed by atoms with E-state index >= 15 is 0 Å². The first-order valence-electron chi connectivity index (χ1n) is 9.76. The maximum atomic E-state index is 14.1. The van der Waals surface area contributed by atoms with E-state index in [0.717, 1.165) is 12.8 Å². The van der Waals surface area contributed by atoms with Gasteiger partial charge in [0.2, 0.25) is 17.5 Å². The van der Waals surface area contributed by atoms with Crippen molar-refractivity contribution in [3.8, 4) is 5.75 Å². The van der Waals surface area contributed by atoms with E-state index in [1.807, 2.05) is 5.32 Å². The summed E-state index contributed by atoms with van der Waals surface area (Å²) in [6.45, 7) is 4.11. The Bertz CT molecular complexity index is 1060. The summed E-state index contributed by atoms with van der Waals surface area (Å²) in [5.41, 5.74) is -0.0958. The van der Waals surface area contributed by atoms with Crippen LogP contribution >= 0.6 is 12.2 Å². The van der Waals surface area contributed by atoms with Crippen molar-refractivity contribution in [1.82, 2.24) is 10.2 Å². The summed E-state index contributed by atoms with van der Waals surface area (Å²) < 4.78 is 60.2. The van der Waals surface area contributed by atoms with Gasteiger partial charge >= 0.3 is 0 Å². The number of halogens is 4. The van der Waals surface area contributed by atoms with Gasteiger partial charge in [0, 0.05) is 44.5 Å². The van der Waals surface area contributed by atoms with Gasteiger partial charge in [-0.15, -0.1) is 0 Å². The Morgan fingerprint density at radius 3 is 1.97 bits per heavy atom. The minimum absolute atomic E-state index is 0.0321. The molecule has 176 valence electrons. The molecule has 12 heteroatoms. The molecule has 3 rings (SSSR count). The predicted molar refractivity (Wildman–Crippen MR) is 117 cm³/mol. The minimum atomic E-state index is -1.90. The first-order valence-corrected chi connectivity index (χ1v) is 10.2. The lowest BCUT2D eigenvalue weighted by atomic mass is 10.1. The molecule has 1 heterocycles. The van der Waals surface area contributed by atoms with Crippen LogP contribution in [0.4, 0.5) is 28.9 Å². The summed E-state index contributed by atoms with van der Waals surface area (Å²) in [6, 6.07) is 6.92. The van der Waals surface area contributed by atoms with Crippen LogP contribution in [-0.2, 0) is 4.79 Å². The molecule has 0 unspecified atom stereocenters. The first kappa shape index (κ1) is 24.2. The van der Waals surface area contributed by atoms with E-state index in [4.69, 9.17) is 12.2 Å². The molecule has 2 aromatic rings. The second kappa shape index (κ2) is 10.0. The molecule has 0 aliphatic carbocycles. The highest BCUT2D eigenvalue weighted by molar-refractivity contribution is 7.80. The average molecular weight is 484 g/mol. The van der Waals surface area contributed by atoms with Crippen molar-refractivity contribution in [1.29, 1.82) is 0 Å². The van der Waals surface area contributed by atoms with Crippen LogP contribution in [0.1, 0.15) is 17.3 Å². The van der Waals surface area contributed by atoms with Crippen LogP contribution < -0.4 is 20.3 Å². The van der Waals surface area contributed by atoms with Gasteiger partial charge in [0.15, 0.2) is 22.5 Å². The second-order valence-corrected chi connectivity index (χ2v) is 7.52. The highest BCUT2D eigenvalue weighted by Crippen LogP contribution is 2.29. The van der Waals surface area contributed by atoms with E-state index in [0.29, 0.717) is 31.9 Å². The number of nitrogens with zero attached hydrogens (tertiary/aromatic N) is 2. The zero-order valence-electron chi connectivity index (χ0n) is 17.7. The molecule has 0 saturated carbocycles. The fraction of sp³-hybridized carbons (Fsp3) is 0.286. The van der Waals surface area contributed by atoms with Gasteiger partial charge in [-0.25, -0.2) is 8.78 Å². The lowest BCUT2D eigenvalue weighted by molar-refractivity contribution is -0.129. The number of nitrogens with one attached hydrogen (secondary N) is 2. The molecule has 1 fully saturated rings. The number of hydrogen-bond donors (Lipinski definition) is 2. The van der Waals surface area contributed by atoms with Gasteiger partial charge in [0.05, 0.1) is 7.11 Å². The monoisotopic (exact) mass is 484 g/mol. The smallest absolute Gasteiger partial charge is 0.263 e. The van der Waals surface area contributed by atoms with Crippen LogP contribution in [-0.4, -0.2) is 55.1 Å². The Hall–Kier alpha value is -3.41. The Kier molecular flexibility index (Phi) is 7.36. The lowest BCUT2D eigenvalue weighted by Gasteiger charge is -2.35.